The highest BCUT2D eigenvalue weighted by molar-refractivity contribution is 6.30. The van der Waals surface area contributed by atoms with Crippen molar-refractivity contribution in [2.45, 2.75) is 6.23 Å². The van der Waals surface area contributed by atoms with Gasteiger partial charge in [-0.25, -0.2) is 0 Å². The minimum absolute atomic E-state index is 0.121. The summed E-state index contributed by atoms with van der Waals surface area (Å²) < 4.78 is 13.6. The molecule has 128 valence electrons. The van der Waals surface area contributed by atoms with Crippen LogP contribution in [0.4, 0.5) is 5.69 Å². The quantitative estimate of drug-likeness (QED) is 0.681. The van der Waals surface area contributed by atoms with Crippen LogP contribution >= 0.6 is 11.6 Å². The molecule has 1 fully saturated rings. The van der Waals surface area contributed by atoms with E-state index in [0.717, 1.165) is 34.3 Å². The molecule has 1 aromatic heterocycles. The number of benzene rings is 2. The lowest BCUT2D eigenvalue weighted by atomic mass is 10.2. The molecule has 3 aromatic rings. The molecule has 1 saturated heterocycles. The van der Waals surface area contributed by atoms with Crippen molar-refractivity contribution in [1.82, 2.24) is 4.57 Å². The van der Waals surface area contributed by atoms with E-state index in [4.69, 9.17) is 21.1 Å². The van der Waals surface area contributed by atoms with E-state index in [-0.39, 0.29) is 6.23 Å². The second-order valence-corrected chi connectivity index (χ2v) is 6.35. The Morgan fingerprint density at radius 1 is 1.08 bits per heavy atom. The van der Waals surface area contributed by atoms with Crippen LogP contribution in [0.25, 0.3) is 5.69 Å². The molecule has 0 aliphatic carbocycles. The van der Waals surface area contributed by atoms with Gasteiger partial charge in [-0.15, -0.1) is 0 Å². The molecule has 0 unspecified atom stereocenters. The average Bonchev–Trinajstić information content (AvgIpc) is 3.31. The molecule has 25 heavy (non-hydrogen) atoms. The van der Waals surface area contributed by atoms with E-state index in [1.165, 1.54) is 0 Å². The van der Waals surface area contributed by atoms with Crippen LogP contribution in [0.2, 0.25) is 5.02 Å². The van der Waals surface area contributed by atoms with Gasteiger partial charge in [0.25, 0.3) is 0 Å². The summed E-state index contributed by atoms with van der Waals surface area (Å²) in [6, 6.07) is 17.9. The Balaban J connectivity index is 1.64. The molecule has 0 saturated carbocycles. The van der Waals surface area contributed by atoms with Gasteiger partial charge < -0.3 is 18.9 Å². The first-order chi connectivity index (χ1) is 12.3. The molecule has 0 bridgehead atoms. The van der Waals surface area contributed by atoms with Gasteiger partial charge in [0, 0.05) is 35.2 Å². The summed E-state index contributed by atoms with van der Waals surface area (Å²) in [5, 5.41) is 0.734. The summed E-state index contributed by atoms with van der Waals surface area (Å²) in [7, 11) is 1.70. The molecule has 0 amide bonds. The fourth-order valence-electron chi connectivity index (χ4n) is 3.19. The summed E-state index contributed by atoms with van der Waals surface area (Å²) in [5.41, 5.74) is 3.22. The van der Waals surface area contributed by atoms with E-state index in [2.05, 4.69) is 27.8 Å². The van der Waals surface area contributed by atoms with Gasteiger partial charge in [-0.05, 0) is 42.5 Å². The Morgan fingerprint density at radius 3 is 2.68 bits per heavy atom. The van der Waals surface area contributed by atoms with E-state index in [1.807, 2.05) is 48.7 Å². The summed E-state index contributed by atoms with van der Waals surface area (Å²) in [4.78, 5) is 2.24. The summed E-state index contributed by atoms with van der Waals surface area (Å²) >= 11 is 5.98. The largest absolute Gasteiger partial charge is 0.495 e. The predicted octanol–water partition coefficient (Wildman–Crippen LogP) is 4.67. The topological polar surface area (TPSA) is 26.6 Å². The van der Waals surface area contributed by atoms with Crippen molar-refractivity contribution in [2.75, 3.05) is 25.2 Å². The Bertz CT molecular complexity index is 860. The van der Waals surface area contributed by atoms with Gasteiger partial charge in [-0.2, -0.15) is 0 Å². The highest BCUT2D eigenvalue weighted by atomic mass is 35.5. The molecule has 2 aromatic carbocycles. The second-order valence-electron chi connectivity index (χ2n) is 5.92. The third-order valence-corrected chi connectivity index (χ3v) is 4.66. The number of ether oxygens (including phenoxy) is 2. The summed E-state index contributed by atoms with van der Waals surface area (Å²) in [6.45, 7) is 1.52. The summed E-state index contributed by atoms with van der Waals surface area (Å²) in [5.74, 6) is 0.857. The van der Waals surface area contributed by atoms with Crippen molar-refractivity contribution in [1.29, 1.82) is 0 Å². The molecule has 4 rings (SSSR count). The van der Waals surface area contributed by atoms with Crippen LogP contribution < -0.4 is 9.64 Å². The minimum Gasteiger partial charge on any atom is -0.495 e. The smallest absolute Gasteiger partial charge is 0.158 e. The SMILES string of the molecule is COc1ccccc1N1CCO[C@H]1c1ccn(-c2ccc(Cl)cc2)c1. The molecule has 4 nitrogen and oxygen atoms in total. The number of methoxy groups -OCH3 is 1. The van der Waals surface area contributed by atoms with Crippen molar-refractivity contribution in [3.8, 4) is 11.4 Å². The Kier molecular flexibility index (Phi) is 4.38. The molecule has 1 aliphatic heterocycles. The van der Waals surface area contributed by atoms with Crippen molar-refractivity contribution >= 4 is 17.3 Å². The highest BCUT2D eigenvalue weighted by Crippen LogP contribution is 2.37. The van der Waals surface area contributed by atoms with E-state index in [0.29, 0.717) is 6.61 Å². The Morgan fingerprint density at radius 2 is 1.88 bits per heavy atom. The van der Waals surface area contributed by atoms with E-state index in [1.54, 1.807) is 7.11 Å². The number of para-hydroxylation sites is 2. The molecular formula is C20H19ClN2O2. The predicted molar refractivity (Wildman–Crippen MR) is 99.8 cm³/mol. The molecule has 2 heterocycles. The van der Waals surface area contributed by atoms with E-state index >= 15 is 0 Å². The maximum absolute atomic E-state index is 6.01. The van der Waals surface area contributed by atoms with Crippen LogP contribution in [-0.2, 0) is 4.74 Å². The van der Waals surface area contributed by atoms with Crippen molar-refractivity contribution in [3.05, 3.63) is 77.6 Å². The van der Waals surface area contributed by atoms with Crippen molar-refractivity contribution in [3.63, 3.8) is 0 Å². The highest BCUT2D eigenvalue weighted by Gasteiger charge is 2.29. The first-order valence-corrected chi connectivity index (χ1v) is 8.59. The van der Waals surface area contributed by atoms with Crippen LogP contribution in [0, 0.1) is 0 Å². The number of nitrogens with zero attached hydrogens (tertiary/aromatic N) is 2. The van der Waals surface area contributed by atoms with Gasteiger partial charge >= 0.3 is 0 Å². The third-order valence-electron chi connectivity index (χ3n) is 4.41. The van der Waals surface area contributed by atoms with E-state index in [9.17, 15) is 0 Å². The molecule has 0 spiro atoms. The molecule has 1 atom stereocenters. The van der Waals surface area contributed by atoms with Crippen molar-refractivity contribution < 1.29 is 9.47 Å². The fourth-order valence-corrected chi connectivity index (χ4v) is 3.32. The van der Waals surface area contributed by atoms with Gasteiger partial charge in [0.15, 0.2) is 6.23 Å². The normalized spacial score (nSPS) is 17.0. The standard InChI is InChI=1S/C20H19ClN2O2/c1-24-19-5-3-2-4-18(19)23-12-13-25-20(23)15-10-11-22(14-15)17-8-6-16(21)7-9-17/h2-11,14,20H,12-13H2,1H3/t20-/m0/s1. The molecule has 0 radical (unpaired) electrons. The molecular weight excluding hydrogens is 336 g/mol. The molecule has 5 heteroatoms. The van der Waals surface area contributed by atoms with E-state index < -0.39 is 0 Å². The first-order valence-electron chi connectivity index (χ1n) is 8.21. The second kappa shape index (κ2) is 6.82. The molecule has 0 N–H and O–H groups in total. The van der Waals surface area contributed by atoms with Crippen LogP contribution in [0.3, 0.4) is 0 Å². The van der Waals surface area contributed by atoms with Gasteiger partial charge in [0.1, 0.15) is 5.75 Å². The Labute approximate surface area is 152 Å². The number of halogens is 1. The number of rotatable bonds is 4. The molecule has 1 aliphatic rings. The maximum atomic E-state index is 6.01. The number of aromatic nitrogens is 1. The van der Waals surface area contributed by atoms with Crippen molar-refractivity contribution in [2.24, 2.45) is 0 Å². The summed E-state index contributed by atoms with van der Waals surface area (Å²) in [6.07, 6.45) is 4.02. The zero-order valence-electron chi connectivity index (χ0n) is 13.9. The van der Waals surface area contributed by atoms with Gasteiger partial charge in [0.05, 0.1) is 19.4 Å². The lowest BCUT2D eigenvalue weighted by Gasteiger charge is -2.26. The zero-order chi connectivity index (χ0) is 17.2. The minimum atomic E-state index is -0.121. The number of hydrogen-bond donors (Lipinski definition) is 0. The fraction of sp³-hybridized carbons (Fsp3) is 0.200. The lowest BCUT2D eigenvalue weighted by Crippen LogP contribution is -2.23. The van der Waals surface area contributed by atoms with Gasteiger partial charge in [0.2, 0.25) is 0 Å². The first kappa shape index (κ1) is 16.1. The zero-order valence-corrected chi connectivity index (χ0v) is 14.7. The van der Waals surface area contributed by atoms with Crippen LogP contribution in [-0.4, -0.2) is 24.8 Å². The third kappa shape index (κ3) is 3.11. The number of anilines is 1. The average molecular weight is 355 g/mol. The van der Waals surface area contributed by atoms with Gasteiger partial charge in [-0.1, -0.05) is 23.7 Å². The van der Waals surface area contributed by atoms with Crippen LogP contribution in [0.1, 0.15) is 11.8 Å². The van der Waals surface area contributed by atoms with Crippen LogP contribution in [0.5, 0.6) is 5.75 Å². The Hall–Kier alpha value is -2.43. The maximum Gasteiger partial charge on any atom is 0.158 e. The van der Waals surface area contributed by atoms with Gasteiger partial charge in [-0.3, -0.25) is 0 Å². The van der Waals surface area contributed by atoms with Crippen LogP contribution in [0.15, 0.2) is 67.0 Å². The number of hydrogen-bond acceptors (Lipinski definition) is 3. The lowest BCUT2D eigenvalue weighted by molar-refractivity contribution is 0.113. The monoisotopic (exact) mass is 354 g/mol.